The zero-order valence-corrected chi connectivity index (χ0v) is 6.84. The first-order valence-corrected chi connectivity index (χ1v) is 3.51. The second-order valence-electron chi connectivity index (χ2n) is 2.14. The monoisotopic (exact) mass is 166 g/mol. The minimum atomic E-state index is 0.681. The molecule has 0 aromatic heterocycles. The van der Waals surface area contributed by atoms with Gasteiger partial charge in [0.1, 0.15) is 0 Å². The van der Waals surface area contributed by atoms with Gasteiger partial charge in [-0.25, -0.2) is 0 Å². The van der Waals surface area contributed by atoms with Crippen LogP contribution in [0.5, 0.6) is 0 Å². The predicted molar refractivity (Wildman–Crippen MR) is 45.5 cm³/mol. The lowest BCUT2D eigenvalue weighted by atomic mass is 10.3. The Morgan fingerprint density at radius 1 is 1.36 bits per heavy atom. The van der Waals surface area contributed by atoms with E-state index in [4.69, 9.17) is 16.9 Å². The van der Waals surface area contributed by atoms with Crippen LogP contribution in [0.2, 0.25) is 5.02 Å². The topological polar surface area (TPSA) is 27.0 Å². The maximum absolute atomic E-state index is 8.50. The molecule has 0 amide bonds. The van der Waals surface area contributed by atoms with E-state index < -0.39 is 0 Å². The van der Waals surface area contributed by atoms with Crippen LogP contribution in [0.3, 0.4) is 0 Å². The number of rotatable bonds is 1. The van der Waals surface area contributed by atoms with Crippen LogP contribution >= 0.6 is 11.6 Å². The lowest BCUT2D eigenvalue weighted by molar-refractivity contribution is 1.20. The molecule has 1 aromatic rings. The lowest BCUT2D eigenvalue weighted by Crippen LogP contribution is -2.07. The summed E-state index contributed by atoms with van der Waals surface area (Å²) in [5.41, 5.74) is 0.844. The van der Waals surface area contributed by atoms with Crippen LogP contribution in [0.25, 0.3) is 0 Å². The van der Waals surface area contributed by atoms with Crippen molar-refractivity contribution in [2.24, 2.45) is 0 Å². The van der Waals surface area contributed by atoms with Gasteiger partial charge in [0.25, 0.3) is 0 Å². The van der Waals surface area contributed by atoms with E-state index in [1.807, 2.05) is 6.19 Å². The van der Waals surface area contributed by atoms with Crippen LogP contribution < -0.4 is 4.90 Å². The van der Waals surface area contributed by atoms with Crippen molar-refractivity contribution in [1.82, 2.24) is 0 Å². The van der Waals surface area contributed by atoms with Crippen LogP contribution in [0.15, 0.2) is 24.3 Å². The fourth-order valence-corrected chi connectivity index (χ4v) is 0.848. The minimum Gasteiger partial charge on any atom is -0.283 e. The molecular weight excluding hydrogens is 160 g/mol. The van der Waals surface area contributed by atoms with Crippen molar-refractivity contribution in [1.29, 1.82) is 5.26 Å². The molecule has 0 aliphatic heterocycles. The molecule has 0 aliphatic carbocycles. The van der Waals surface area contributed by atoms with Gasteiger partial charge in [-0.15, -0.1) is 0 Å². The molecule has 0 aliphatic rings. The summed E-state index contributed by atoms with van der Waals surface area (Å²) in [5.74, 6) is 0. The minimum absolute atomic E-state index is 0.681. The van der Waals surface area contributed by atoms with Gasteiger partial charge in [-0.3, -0.25) is 4.90 Å². The second-order valence-corrected chi connectivity index (χ2v) is 2.57. The van der Waals surface area contributed by atoms with Crippen LogP contribution in [0.4, 0.5) is 5.69 Å². The quantitative estimate of drug-likeness (QED) is 0.473. The molecule has 56 valence electrons. The summed E-state index contributed by atoms with van der Waals surface area (Å²) in [5, 5.41) is 9.18. The van der Waals surface area contributed by atoms with E-state index in [2.05, 4.69) is 0 Å². The molecule has 0 spiro atoms. The summed E-state index contributed by atoms with van der Waals surface area (Å²) in [7, 11) is 1.70. The zero-order valence-electron chi connectivity index (χ0n) is 6.08. The van der Waals surface area contributed by atoms with Crippen molar-refractivity contribution in [3.8, 4) is 6.19 Å². The van der Waals surface area contributed by atoms with Crippen LogP contribution in [0, 0.1) is 11.5 Å². The molecular formula is C8H7ClN2. The first-order chi connectivity index (χ1) is 5.24. The fourth-order valence-electron chi connectivity index (χ4n) is 0.722. The highest BCUT2D eigenvalue weighted by atomic mass is 35.5. The highest BCUT2D eigenvalue weighted by Gasteiger charge is 1.96. The van der Waals surface area contributed by atoms with Gasteiger partial charge in [-0.05, 0) is 24.3 Å². The van der Waals surface area contributed by atoms with E-state index >= 15 is 0 Å². The molecule has 0 heterocycles. The normalized spacial score (nSPS) is 8.82. The van der Waals surface area contributed by atoms with Gasteiger partial charge >= 0.3 is 0 Å². The van der Waals surface area contributed by atoms with Crippen molar-refractivity contribution in [2.75, 3.05) is 11.9 Å². The third-order valence-electron chi connectivity index (χ3n) is 1.36. The number of nitrogens with zero attached hydrogens (tertiary/aromatic N) is 2. The van der Waals surface area contributed by atoms with Crippen molar-refractivity contribution < 1.29 is 0 Å². The van der Waals surface area contributed by atoms with Crippen LogP contribution in [-0.2, 0) is 0 Å². The fraction of sp³-hybridized carbons (Fsp3) is 0.125. The molecule has 0 N–H and O–H groups in total. The van der Waals surface area contributed by atoms with Crippen molar-refractivity contribution in [3.63, 3.8) is 0 Å². The third kappa shape index (κ3) is 1.86. The highest BCUT2D eigenvalue weighted by molar-refractivity contribution is 6.30. The Bertz CT molecular complexity index is 273. The van der Waals surface area contributed by atoms with Gasteiger partial charge in [0.2, 0.25) is 0 Å². The van der Waals surface area contributed by atoms with Crippen molar-refractivity contribution >= 4 is 17.3 Å². The Morgan fingerprint density at radius 3 is 2.36 bits per heavy atom. The molecule has 2 nitrogen and oxygen atoms in total. The molecule has 1 rings (SSSR count). The highest BCUT2D eigenvalue weighted by Crippen LogP contribution is 2.15. The maximum atomic E-state index is 8.50. The summed E-state index contributed by atoms with van der Waals surface area (Å²) in [6.45, 7) is 0. The van der Waals surface area contributed by atoms with Gasteiger partial charge < -0.3 is 0 Å². The van der Waals surface area contributed by atoms with E-state index in [1.165, 1.54) is 4.90 Å². The summed E-state index contributed by atoms with van der Waals surface area (Å²) < 4.78 is 0. The summed E-state index contributed by atoms with van der Waals surface area (Å²) in [6, 6.07) is 7.10. The van der Waals surface area contributed by atoms with E-state index in [0.29, 0.717) is 5.02 Å². The van der Waals surface area contributed by atoms with Crippen molar-refractivity contribution in [2.45, 2.75) is 0 Å². The summed E-state index contributed by atoms with van der Waals surface area (Å²) in [6.07, 6.45) is 1.99. The summed E-state index contributed by atoms with van der Waals surface area (Å²) >= 11 is 5.66. The van der Waals surface area contributed by atoms with E-state index in [-0.39, 0.29) is 0 Å². The van der Waals surface area contributed by atoms with E-state index in [0.717, 1.165) is 5.69 Å². The Labute approximate surface area is 70.6 Å². The molecule has 11 heavy (non-hydrogen) atoms. The first-order valence-electron chi connectivity index (χ1n) is 3.13. The van der Waals surface area contributed by atoms with Gasteiger partial charge in [-0.1, -0.05) is 11.6 Å². The number of halogens is 1. The number of anilines is 1. The molecule has 0 saturated carbocycles. The molecule has 1 aromatic carbocycles. The lowest BCUT2D eigenvalue weighted by Gasteiger charge is -2.07. The van der Waals surface area contributed by atoms with Crippen molar-refractivity contribution in [3.05, 3.63) is 29.3 Å². The number of hydrogen-bond acceptors (Lipinski definition) is 2. The number of benzene rings is 1. The first kappa shape index (κ1) is 7.90. The SMILES string of the molecule is CN(C#N)c1ccc(Cl)cc1. The molecule has 3 heteroatoms. The Hall–Kier alpha value is -1.20. The predicted octanol–water partition coefficient (Wildman–Crippen LogP) is 2.26. The third-order valence-corrected chi connectivity index (χ3v) is 1.62. The van der Waals surface area contributed by atoms with E-state index in [9.17, 15) is 0 Å². The smallest absolute Gasteiger partial charge is 0.183 e. The number of hydrogen-bond donors (Lipinski definition) is 0. The molecule has 0 fully saturated rings. The maximum Gasteiger partial charge on any atom is 0.183 e. The van der Waals surface area contributed by atoms with Crippen LogP contribution in [-0.4, -0.2) is 7.05 Å². The molecule has 0 bridgehead atoms. The Kier molecular flexibility index (Phi) is 2.35. The molecule has 0 atom stereocenters. The van der Waals surface area contributed by atoms with Gasteiger partial charge in [0.15, 0.2) is 6.19 Å². The van der Waals surface area contributed by atoms with Crippen LogP contribution in [0.1, 0.15) is 0 Å². The molecule has 0 unspecified atom stereocenters. The average Bonchev–Trinajstić information content (AvgIpc) is 2.05. The van der Waals surface area contributed by atoms with Gasteiger partial charge in [0.05, 0.1) is 5.69 Å². The summed E-state index contributed by atoms with van der Waals surface area (Å²) in [4.78, 5) is 1.47. The Balaban J connectivity index is 2.92. The van der Waals surface area contributed by atoms with E-state index in [1.54, 1.807) is 31.3 Å². The molecule has 0 radical (unpaired) electrons. The van der Waals surface area contributed by atoms with Gasteiger partial charge in [0, 0.05) is 12.1 Å². The standard InChI is InChI=1S/C8H7ClN2/c1-11(6-10)8-4-2-7(9)3-5-8/h2-5H,1H3. The second kappa shape index (κ2) is 3.27. The average molecular weight is 167 g/mol. The Morgan fingerprint density at radius 2 is 1.91 bits per heavy atom. The van der Waals surface area contributed by atoms with Gasteiger partial charge in [-0.2, -0.15) is 5.26 Å². The molecule has 0 saturated heterocycles. The number of nitriles is 1. The zero-order chi connectivity index (χ0) is 8.27. The largest absolute Gasteiger partial charge is 0.283 e.